The summed E-state index contributed by atoms with van der Waals surface area (Å²) in [5, 5.41) is 3.47. The number of nitrogen functional groups attached to an aromatic ring is 1. The maximum absolute atomic E-state index is 5.55. The highest BCUT2D eigenvalue weighted by molar-refractivity contribution is 5.58. The van der Waals surface area contributed by atoms with Gasteiger partial charge in [0, 0.05) is 18.0 Å². The fourth-order valence-electron chi connectivity index (χ4n) is 2.96. The number of anilines is 2. The van der Waals surface area contributed by atoms with Crippen LogP contribution in [-0.4, -0.2) is 16.5 Å². The van der Waals surface area contributed by atoms with Gasteiger partial charge in [-0.2, -0.15) is 0 Å². The van der Waals surface area contributed by atoms with E-state index >= 15 is 0 Å². The standard InChI is InChI=1S/C16H21N5/c1-10(2)14-15(19-9-20-16(14)21-17)18-8-12-7-11-5-3-4-6-13(11)12/h3-6,9-10,12H,7-8,17H2,1-2H3,(H2,18,19,20,21). The molecule has 1 unspecified atom stereocenters. The second kappa shape index (κ2) is 5.69. The molecule has 0 bridgehead atoms. The maximum Gasteiger partial charge on any atom is 0.148 e. The van der Waals surface area contributed by atoms with Crippen LogP contribution in [0, 0.1) is 0 Å². The third-order valence-corrected chi connectivity index (χ3v) is 4.08. The third kappa shape index (κ3) is 2.56. The number of hydrogen-bond acceptors (Lipinski definition) is 5. The van der Waals surface area contributed by atoms with Crippen molar-refractivity contribution >= 4 is 11.6 Å². The van der Waals surface area contributed by atoms with Crippen LogP contribution in [0.15, 0.2) is 30.6 Å². The molecule has 5 nitrogen and oxygen atoms in total. The molecule has 2 aromatic rings. The quantitative estimate of drug-likeness (QED) is 0.581. The number of fused-ring (bicyclic) bond motifs is 1. The Morgan fingerprint density at radius 2 is 2.00 bits per heavy atom. The molecule has 0 spiro atoms. The number of benzene rings is 1. The lowest BCUT2D eigenvalue weighted by Crippen LogP contribution is -2.25. The number of rotatable bonds is 5. The summed E-state index contributed by atoms with van der Waals surface area (Å²) in [6, 6.07) is 8.61. The van der Waals surface area contributed by atoms with Crippen molar-refractivity contribution in [3.05, 3.63) is 47.3 Å². The summed E-state index contributed by atoms with van der Waals surface area (Å²) >= 11 is 0. The highest BCUT2D eigenvalue weighted by Crippen LogP contribution is 2.35. The Labute approximate surface area is 125 Å². The lowest BCUT2D eigenvalue weighted by atomic mass is 9.77. The van der Waals surface area contributed by atoms with Gasteiger partial charge < -0.3 is 10.7 Å². The lowest BCUT2D eigenvalue weighted by Gasteiger charge is -2.30. The molecule has 1 aliphatic carbocycles. The fraction of sp³-hybridized carbons (Fsp3) is 0.375. The van der Waals surface area contributed by atoms with Gasteiger partial charge >= 0.3 is 0 Å². The number of aromatic nitrogens is 2. The van der Waals surface area contributed by atoms with Gasteiger partial charge in [-0.3, -0.25) is 0 Å². The van der Waals surface area contributed by atoms with E-state index in [0.29, 0.717) is 17.7 Å². The van der Waals surface area contributed by atoms with Crippen molar-refractivity contribution in [1.82, 2.24) is 9.97 Å². The molecule has 1 heterocycles. The number of nitrogens with two attached hydrogens (primary N) is 1. The summed E-state index contributed by atoms with van der Waals surface area (Å²) in [5.41, 5.74) is 6.60. The zero-order valence-electron chi connectivity index (χ0n) is 12.4. The van der Waals surface area contributed by atoms with Gasteiger partial charge in [0.05, 0.1) is 0 Å². The highest BCUT2D eigenvalue weighted by atomic mass is 15.3. The fourth-order valence-corrected chi connectivity index (χ4v) is 2.96. The van der Waals surface area contributed by atoms with Crippen molar-refractivity contribution < 1.29 is 0 Å². The van der Waals surface area contributed by atoms with Crippen LogP contribution in [0.5, 0.6) is 0 Å². The van der Waals surface area contributed by atoms with Gasteiger partial charge in [-0.1, -0.05) is 38.1 Å². The van der Waals surface area contributed by atoms with E-state index in [9.17, 15) is 0 Å². The summed E-state index contributed by atoms with van der Waals surface area (Å²) < 4.78 is 0. The number of hydrazine groups is 1. The van der Waals surface area contributed by atoms with E-state index in [-0.39, 0.29) is 0 Å². The molecule has 1 aromatic carbocycles. The van der Waals surface area contributed by atoms with E-state index in [4.69, 9.17) is 5.84 Å². The normalized spacial score (nSPS) is 16.3. The first-order valence-electron chi connectivity index (χ1n) is 7.34. The van der Waals surface area contributed by atoms with E-state index in [1.807, 2.05) is 0 Å². The van der Waals surface area contributed by atoms with Crippen LogP contribution >= 0.6 is 0 Å². The second-order valence-corrected chi connectivity index (χ2v) is 5.76. The van der Waals surface area contributed by atoms with Crippen molar-refractivity contribution in [2.75, 3.05) is 17.3 Å². The molecule has 110 valence electrons. The van der Waals surface area contributed by atoms with Gasteiger partial charge in [0.15, 0.2) is 0 Å². The van der Waals surface area contributed by atoms with Crippen LogP contribution in [-0.2, 0) is 6.42 Å². The molecule has 1 atom stereocenters. The van der Waals surface area contributed by atoms with E-state index in [1.165, 1.54) is 17.5 Å². The smallest absolute Gasteiger partial charge is 0.148 e. The zero-order chi connectivity index (χ0) is 14.8. The second-order valence-electron chi connectivity index (χ2n) is 5.76. The summed E-state index contributed by atoms with van der Waals surface area (Å²) in [5.74, 6) is 7.97. The molecule has 3 rings (SSSR count). The van der Waals surface area contributed by atoms with Gasteiger partial charge in [-0.05, 0) is 23.5 Å². The van der Waals surface area contributed by atoms with Crippen LogP contribution in [0.1, 0.15) is 42.4 Å². The number of nitrogens with zero attached hydrogens (tertiary/aromatic N) is 2. The van der Waals surface area contributed by atoms with Gasteiger partial charge in [0.25, 0.3) is 0 Å². The molecule has 0 amide bonds. The Hall–Kier alpha value is -2.14. The van der Waals surface area contributed by atoms with Crippen LogP contribution in [0.3, 0.4) is 0 Å². The summed E-state index contributed by atoms with van der Waals surface area (Å²) in [7, 11) is 0. The maximum atomic E-state index is 5.55. The Bertz CT molecular complexity index is 638. The van der Waals surface area contributed by atoms with Crippen molar-refractivity contribution in [2.24, 2.45) is 5.84 Å². The molecular weight excluding hydrogens is 262 g/mol. The Balaban J connectivity index is 1.75. The molecule has 1 aliphatic rings. The Kier molecular flexibility index (Phi) is 3.75. The van der Waals surface area contributed by atoms with E-state index in [0.717, 1.165) is 24.3 Å². The van der Waals surface area contributed by atoms with Crippen molar-refractivity contribution in [3.8, 4) is 0 Å². The van der Waals surface area contributed by atoms with Crippen molar-refractivity contribution in [2.45, 2.75) is 32.1 Å². The lowest BCUT2D eigenvalue weighted by molar-refractivity contribution is 0.633. The molecule has 21 heavy (non-hydrogen) atoms. The molecule has 0 saturated heterocycles. The predicted molar refractivity (Wildman–Crippen MR) is 85.3 cm³/mol. The molecular formula is C16H21N5. The summed E-state index contributed by atoms with van der Waals surface area (Å²) in [6.07, 6.45) is 2.67. The summed E-state index contributed by atoms with van der Waals surface area (Å²) in [4.78, 5) is 8.57. The van der Waals surface area contributed by atoms with E-state index in [2.05, 4.69) is 58.8 Å². The number of hydrogen-bond donors (Lipinski definition) is 3. The molecule has 4 N–H and O–H groups in total. The average molecular weight is 283 g/mol. The van der Waals surface area contributed by atoms with Crippen LogP contribution in [0.4, 0.5) is 11.6 Å². The van der Waals surface area contributed by atoms with Crippen molar-refractivity contribution in [1.29, 1.82) is 0 Å². The van der Waals surface area contributed by atoms with Crippen LogP contribution in [0.2, 0.25) is 0 Å². The van der Waals surface area contributed by atoms with Crippen LogP contribution < -0.4 is 16.6 Å². The first-order chi connectivity index (χ1) is 10.2. The minimum absolute atomic E-state index is 0.299. The largest absolute Gasteiger partial charge is 0.369 e. The number of nitrogens with one attached hydrogen (secondary N) is 2. The zero-order valence-corrected chi connectivity index (χ0v) is 12.4. The monoisotopic (exact) mass is 283 g/mol. The highest BCUT2D eigenvalue weighted by Gasteiger charge is 2.25. The Morgan fingerprint density at radius 3 is 2.71 bits per heavy atom. The molecule has 0 saturated carbocycles. The van der Waals surface area contributed by atoms with E-state index in [1.54, 1.807) is 0 Å². The average Bonchev–Trinajstić information content (AvgIpc) is 2.47. The van der Waals surface area contributed by atoms with Crippen molar-refractivity contribution in [3.63, 3.8) is 0 Å². The minimum atomic E-state index is 0.299. The van der Waals surface area contributed by atoms with Gasteiger partial charge in [-0.15, -0.1) is 0 Å². The Morgan fingerprint density at radius 1 is 1.24 bits per heavy atom. The molecule has 0 radical (unpaired) electrons. The molecule has 1 aromatic heterocycles. The SMILES string of the molecule is CC(C)c1c(NN)ncnc1NCC1Cc2ccccc21. The topological polar surface area (TPSA) is 75.9 Å². The summed E-state index contributed by atoms with van der Waals surface area (Å²) in [6.45, 7) is 5.12. The molecule has 5 heteroatoms. The van der Waals surface area contributed by atoms with Gasteiger partial charge in [0.1, 0.15) is 18.0 Å². The third-order valence-electron chi connectivity index (χ3n) is 4.08. The molecule has 0 fully saturated rings. The van der Waals surface area contributed by atoms with Crippen LogP contribution in [0.25, 0.3) is 0 Å². The van der Waals surface area contributed by atoms with E-state index < -0.39 is 0 Å². The minimum Gasteiger partial charge on any atom is -0.369 e. The van der Waals surface area contributed by atoms with Gasteiger partial charge in [-0.25, -0.2) is 15.8 Å². The van der Waals surface area contributed by atoms with Gasteiger partial charge in [0.2, 0.25) is 0 Å². The first kappa shape index (κ1) is 13.8. The predicted octanol–water partition coefficient (Wildman–Crippen LogP) is 2.64. The first-order valence-corrected chi connectivity index (χ1v) is 7.34. The molecule has 0 aliphatic heterocycles.